The summed E-state index contributed by atoms with van der Waals surface area (Å²) in [5.74, 6) is 0. The summed E-state index contributed by atoms with van der Waals surface area (Å²) >= 11 is 0. The summed E-state index contributed by atoms with van der Waals surface area (Å²) in [5.41, 5.74) is 13.1. The van der Waals surface area contributed by atoms with E-state index in [0.29, 0.717) is 0 Å². The molecule has 4 heteroatoms. The topological polar surface area (TPSA) is 59.5 Å². The van der Waals surface area contributed by atoms with Gasteiger partial charge < -0.3 is 9.97 Å². The number of allylic oxidation sites excluding steroid dienone is 4. The summed E-state index contributed by atoms with van der Waals surface area (Å²) in [7, 11) is 0. The van der Waals surface area contributed by atoms with Gasteiger partial charge in [-0.2, -0.15) is 0 Å². The molecule has 2 aromatic heterocycles. The molecular weight excluding hydrogens is 404 g/mol. The van der Waals surface area contributed by atoms with Crippen LogP contribution in [0.4, 0.5) is 0 Å². The Bertz CT molecular complexity index is 1050. The van der Waals surface area contributed by atoms with Gasteiger partial charge in [-0.05, 0) is 63.8 Å². The van der Waals surface area contributed by atoms with Crippen molar-refractivity contribution in [1.82, 2.24) is 9.97 Å². The molecule has 0 aromatic carbocycles. The molecule has 0 fully saturated rings. The lowest BCUT2D eigenvalue weighted by Gasteiger charge is -2.04. The summed E-state index contributed by atoms with van der Waals surface area (Å²) in [6, 6.07) is 8.33. The van der Waals surface area contributed by atoms with E-state index in [-0.39, 0.29) is 0 Å². The fourth-order valence-corrected chi connectivity index (χ4v) is 4.77. The van der Waals surface area contributed by atoms with Crippen molar-refractivity contribution in [2.75, 3.05) is 0 Å². The molecule has 4 rings (SSSR count). The third-order valence-electron chi connectivity index (χ3n) is 6.77. The van der Waals surface area contributed by atoms with Gasteiger partial charge in [0.2, 0.25) is 11.4 Å². The average Bonchev–Trinajstić information content (AvgIpc) is 3.59. The maximum atomic E-state index is 3.79. The molecule has 2 aliphatic heterocycles. The van der Waals surface area contributed by atoms with Gasteiger partial charge in [0, 0.05) is 58.2 Å². The first-order valence-electron chi connectivity index (χ1n) is 12.5. The van der Waals surface area contributed by atoms with Crippen molar-refractivity contribution in [2.45, 2.75) is 72.6 Å². The fourth-order valence-electron chi connectivity index (χ4n) is 4.77. The minimum Gasteiger partial charge on any atom is -0.361 e. The summed E-state index contributed by atoms with van der Waals surface area (Å²) in [5, 5.41) is 0. The van der Waals surface area contributed by atoms with E-state index in [0.717, 1.165) is 30.7 Å². The van der Waals surface area contributed by atoms with Crippen molar-refractivity contribution < 1.29 is 9.98 Å². The molecule has 33 heavy (non-hydrogen) atoms. The Kier molecular flexibility index (Phi) is 7.43. The van der Waals surface area contributed by atoms with E-state index >= 15 is 0 Å². The summed E-state index contributed by atoms with van der Waals surface area (Å²) in [6.07, 6.45) is 16.4. The first-order chi connectivity index (χ1) is 16.1. The molecule has 0 atom stereocenters. The van der Waals surface area contributed by atoms with Gasteiger partial charge in [0.05, 0.1) is 0 Å². The van der Waals surface area contributed by atoms with Crippen LogP contribution in [0.5, 0.6) is 0 Å². The number of hydrogen-bond acceptors (Lipinski definition) is 0. The second-order valence-corrected chi connectivity index (χ2v) is 9.17. The molecule has 0 saturated carbocycles. The molecule has 4 nitrogen and oxygen atoms in total. The van der Waals surface area contributed by atoms with Crippen LogP contribution in [0.2, 0.25) is 0 Å². The lowest BCUT2D eigenvalue weighted by atomic mass is 9.92. The number of unbranched alkanes of at least 4 members (excludes halogenated alkanes) is 2. The zero-order chi connectivity index (χ0) is 23.2. The van der Waals surface area contributed by atoms with Gasteiger partial charge >= 0.3 is 0 Å². The van der Waals surface area contributed by atoms with Crippen molar-refractivity contribution in [2.24, 2.45) is 0 Å². The van der Waals surface area contributed by atoms with Crippen LogP contribution in [-0.2, 0) is 0 Å². The summed E-state index contributed by atoms with van der Waals surface area (Å²) in [6.45, 7) is 9.07. The van der Waals surface area contributed by atoms with Crippen molar-refractivity contribution >= 4 is 23.6 Å². The molecule has 0 aliphatic carbocycles. The normalized spacial score (nSPS) is 18.8. The highest BCUT2D eigenvalue weighted by atomic mass is 14.8. The number of aromatic nitrogens is 2. The van der Waals surface area contributed by atoms with E-state index in [9.17, 15) is 0 Å². The Morgan fingerprint density at radius 2 is 1.18 bits per heavy atom. The number of nitrogens with one attached hydrogen (secondary N) is 4. The van der Waals surface area contributed by atoms with Gasteiger partial charge in [0.25, 0.3) is 0 Å². The van der Waals surface area contributed by atoms with E-state index in [4.69, 9.17) is 0 Å². The smallest absolute Gasteiger partial charge is 0.209 e. The molecular formula is C29H38N4+2. The highest BCUT2D eigenvalue weighted by Gasteiger charge is 2.34. The first-order valence-corrected chi connectivity index (χ1v) is 12.5. The Labute approximate surface area is 198 Å². The van der Waals surface area contributed by atoms with Gasteiger partial charge in [-0.15, -0.1) is 0 Å². The highest BCUT2D eigenvalue weighted by molar-refractivity contribution is 6.15. The molecule has 0 radical (unpaired) electrons. The lowest BCUT2D eigenvalue weighted by Crippen LogP contribution is -2.72. The van der Waals surface area contributed by atoms with Crippen molar-refractivity contribution in [3.63, 3.8) is 0 Å². The van der Waals surface area contributed by atoms with Crippen LogP contribution in [0.3, 0.4) is 0 Å². The minimum atomic E-state index is 0.914. The minimum absolute atomic E-state index is 0.914. The Hall–Kier alpha value is -3.14. The Morgan fingerprint density at radius 1 is 0.727 bits per heavy atom. The molecule has 2 aromatic rings. The van der Waals surface area contributed by atoms with Crippen molar-refractivity contribution in [3.8, 4) is 0 Å². The molecule has 4 N–H and O–H groups in total. The van der Waals surface area contributed by atoms with Crippen LogP contribution in [0, 0.1) is 0 Å². The predicted molar refractivity (Wildman–Crippen MR) is 139 cm³/mol. The third kappa shape index (κ3) is 5.27. The van der Waals surface area contributed by atoms with E-state index in [2.05, 4.69) is 71.9 Å². The van der Waals surface area contributed by atoms with Crippen LogP contribution in [0.15, 0.2) is 70.3 Å². The molecule has 0 spiro atoms. The first kappa shape index (κ1) is 23.0. The monoisotopic (exact) mass is 442 g/mol. The van der Waals surface area contributed by atoms with Crippen LogP contribution < -0.4 is 9.98 Å². The number of hydrogen-bond donors (Lipinski definition) is 4. The fraction of sp³-hybridized carbons (Fsp3) is 0.379. The average molecular weight is 443 g/mol. The van der Waals surface area contributed by atoms with Gasteiger partial charge in [-0.25, -0.2) is 9.98 Å². The number of rotatable bonds is 10. The standard InChI is InChI=1S/C29H36N4/c1-5-7-13-24-20(3)26(17-22-11-9-15-30-22)32-28(24)19-29-25(14-8-6-2)21(4)27(33-29)18-23-12-10-16-31-23/h9-12,15-18,30-31H,5-8,13-14,19H2,1-4H3/p+2. The third-order valence-corrected chi connectivity index (χ3v) is 6.77. The van der Waals surface area contributed by atoms with Crippen LogP contribution in [0.1, 0.15) is 84.0 Å². The van der Waals surface area contributed by atoms with Gasteiger partial charge in [0.1, 0.15) is 6.42 Å². The zero-order valence-corrected chi connectivity index (χ0v) is 20.6. The second-order valence-electron chi connectivity index (χ2n) is 9.17. The summed E-state index contributed by atoms with van der Waals surface area (Å²) < 4.78 is 0. The van der Waals surface area contributed by atoms with E-state index < -0.39 is 0 Å². The summed E-state index contributed by atoms with van der Waals surface area (Å²) in [4.78, 5) is 14.2. The maximum Gasteiger partial charge on any atom is 0.209 e. The molecule has 0 amide bonds. The molecule has 4 heterocycles. The maximum absolute atomic E-state index is 3.79. The second kappa shape index (κ2) is 10.7. The van der Waals surface area contributed by atoms with E-state index in [1.807, 2.05) is 24.5 Å². The number of H-pyrrole nitrogens is 2. The molecule has 2 aliphatic rings. The molecule has 0 bridgehead atoms. The SMILES string of the molecule is CCCCC1=C(C)C(=Cc2ccc[nH]2)[NH+]=C1CC1=[NH+]C(=Cc2ccc[nH]2)C(C)=C1CCCC. The van der Waals surface area contributed by atoms with Gasteiger partial charge in [-0.3, -0.25) is 0 Å². The van der Waals surface area contributed by atoms with Crippen LogP contribution in [0.25, 0.3) is 12.2 Å². The number of aromatic amines is 2. The Balaban J connectivity index is 1.68. The van der Waals surface area contributed by atoms with Crippen molar-refractivity contribution in [3.05, 3.63) is 81.7 Å². The van der Waals surface area contributed by atoms with Crippen molar-refractivity contribution in [1.29, 1.82) is 0 Å². The molecule has 0 unspecified atom stereocenters. The highest BCUT2D eigenvalue weighted by Crippen LogP contribution is 2.26. The molecule has 0 saturated heterocycles. The molecule has 172 valence electrons. The van der Waals surface area contributed by atoms with Gasteiger partial charge in [-0.1, -0.05) is 26.7 Å². The van der Waals surface area contributed by atoms with E-state index in [1.54, 1.807) is 0 Å². The van der Waals surface area contributed by atoms with Gasteiger partial charge in [0.15, 0.2) is 11.4 Å². The largest absolute Gasteiger partial charge is 0.361 e. The Morgan fingerprint density at radius 3 is 1.55 bits per heavy atom. The lowest BCUT2D eigenvalue weighted by molar-refractivity contribution is -0.393. The van der Waals surface area contributed by atoms with Crippen LogP contribution in [-0.4, -0.2) is 21.4 Å². The zero-order valence-electron chi connectivity index (χ0n) is 20.6. The van der Waals surface area contributed by atoms with E-state index in [1.165, 1.54) is 70.8 Å². The van der Waals surface area contributed by atoms with Crippen LogP contribution >= 0.6 is 0 Å². The quantitative estimate of drug-likeness (QED) is 0.426. The predicted octanol–water partition coefficient (Wildman–Crippen LogP) is 4.20.